The molecule has 6 nitrogen and oxygen atoms in total. The lowest BCUT2D eigenvalue weighted by atomic mass is 10.1. The summed E-state index contributed by atoms with van der Waals surface area (Å²) in [4.78, 5) is 13.6. The second kappa shape index (κ2) is 11.2. The van der Waals surface area contributed by atoms with Crippen molar-refractivity contribution in [2.75, 3.05) is 12.0 Å². The molecular weight excluding hydrogens is 462 g/mol. The summed E-state index contributed by atoms with van der Waals surface area (Å²) in [5, 5.41) is 13.5. The first kappa shape index (κ1) is 23.8. The second-order valence-corrected chi connectivity index (χ2v) is 9.52. The second-order valence-electron chi connectivity index (χ2n) is 7.70. The predicted octanol–water partition coefficient (Wildman–Crippen LogP) is 5.52. The minimum Gasteiger partial charge on any atom is -0.272 e. The van der Waals surface area contributed by atoms with Crippen LogP contribution in [-0.2, 0) is 4.79 Å². The maximum absolute atomic E-state index is 12.4. The molecule has 1 aromatic heterocycles. The van der Waals surface area contributed by atoms with E-state index in [1.807, 2.05) is 59.4 Å². The van der Waals surface area contributed by atoms with Gasteiger partial charge in [-0.2, -0.15) is 5.10 Å². The molecular formula is C26H25N5OS2. The minimum atomic E-state index is -0.211. The Morgan fingerprint density at radius 3 is 2.24 bits per heavy atom. The first-order chi connectivity index (χ1) is 16.5. The monoisotopic (exact) mass is 487 g/mol. The predicted molar refractivity (Wildman–Crippen MR) is 141 cm³/mol. The Morgan fingerprint density at radius 1 is 0.941 bits per heavy atom. The largest absolute Gasteiger partial charge is 0.272 e. The summed E-state index contributed by atoms with van der Waals surface area (Å²) < 4.78 is 1.98. The highest BCUT2D eigenvalue weighted by atomic mass is 32.2. The number of aryl methyl sites for hydroxylation is 2. The highest BCUT2D eigenvalue weighted by molar-refractivity contribution is 7.99. The van der Waals surface area contributed by atoms with Crippen LogP contribution in [-0.4, -0.2) is 38.9 Å². The van der Waals surface area contributed by atoms with E-state index in [2.05, 4.69) is 58.8 Å². The molecule has 4 aromatic rings. The number of nitrogens with one attached hydrogen (secondary N) is 1. The number of hydrogen-bond acceptors (Lipinski definition) is 6. The minimum absolute atomic E-state index is 0.167. The average Bonchev–Trinajstić information content (AvgIpc) is 3.28. The molecule has 4 rings (SSSR count). The van der Waals surface area contributed by atoms with Gasteiger partial charge >= 0.3 is 0 Å². The first-order valence-electron chi connectivity index (χ1n) is 10.7. The standard InChI is InChI=1S/C26H25N5OS2/c1-18-4-10-21(11-5-18)25-29-30-26(31(25)22-12-6-19(2)7-13-22)34-17-24(32)28-27-16-20-8-14-23(33-3)15-9-20/h4-16H,17H2,1-3H3,(H,28,32). The lowest BCUT2D eigenvalue weighted by Gasteiger charge is -2.11. The SMILES string of the molecule is CSc1ccc(C=NNC(=O)CSc2nnc(-c3ccc(C)cc3)n2-c2ccc(C)cc2)cc1. The van der Waals surface area contributed by atoms with E-state index < -0.39 is 0 Å². The Balaban J connectivity index is 1.48. The van der Waals surface area contributed by atoms with Gasteiger partial charge in [-0.1, -0.05) is 71.4 Å². The molecule has 0 aliphatic carbocycles. The van der Waals surface area contributed by atoms with Gasteiger partial charge in [0.05, 0.1) is 12.0 Å². The summed E-state index contributed by atoms with van der Waals surface area (Å²) in [6.45, 7) is 4.10. The van der Waals surface area contributed by atoms with Crippen LogP contribution in [0.15, 0.2) is 87.9 Å². The van der Waals surface area contributed by atoms with Crippen LogP contribution in [0.5, 0.6) is 0 Å². The fraction of sp³-hybridized carbons (Fsp3) is 0.154. The fourth-order valence-corrected chi connectivity index (χ4v) is 4.36. The Bertz CT molecular complexity index is 1280. The molecule has 0 radical (unpaired) electrons. The third-order valence-corrected chi connectivity index (χ3v) is 6.76. The molecule has 34 heavy (non-hydrogen) atoms. The van der Waals surface area contributed by atoms with Crippen molar-refractivity contribution in [1.29, 1.82) is 0 Å². The van der Waals surface area contributed by atoms with Crippen molar-refractivity contribution in [3.8, 4) is 17.1 Å². The fourth-order valence-electron chi connectivity index (χ4n) is 3.21. The quantitative estimate of drug-likeness (QED) is 0.201. The van der Waals surface area contributed by atoms with Crippen molar-refractivity contribution in [2.24, 2.45) is 5.10 Å². The summed E-state index contributed by atoms with van der Waals surface area (Å²) >= 11 is 3.01. The lowest BCUT2D eigenvalue weighted by Crippen LogP contribution is -2.20. The van der Waals surface area contributed by atoms with Gasteiger partial charge in [0, 0.05) is 16.1 Å². The Hall–Kier alpha value is -3.36. The summed E-state index contributed by atoms with van der Waals surface area (Å²) in [5.74, 6) is 0.691. The van der Waals surface area contributed by atoms with Crippen LogP contribution < -0.4 is 5.43 Å². The Kier molecular flexibility index (Phi) is 7.82. The number of rotatable bonds is 8. The van der Waals surface area contributed by atoms with Gasteiger partial charge in [0.25, 0.3) is 5.91 Å². The topological polar surface area (TPSA) is 72.2 Å². The van der Waals surface area contributed by atoms with E-state index in [0.717, 1.165) is 22.6 Å². The van der Waals surface area contributed by atoms with Gasteiger partial charge in [0.2, 0.25) is 0 Å². The molecule has 0 aliphatic rings. The number of amides is 1. The normalized spacial score (nSPS) is 11.1. The van der Waals surface area contributed by atoms with Crippen molar-refractivity contribution >= 4 is 35.6 Å². The van der Waals surface area contributed by atoms with Crippen molar-refractivity contribution in [2.45, 2.75) is 23.9 Å². The molecule has 0 saturated carbocycles. The van der Waals surface area contributed by atoms with Gasteiger partial charge in [0.15, 0.2) is 11.0 Å². The smallest absolute Gasteiger partial charge is 0.250 e. The third-order valence-electron chi connectivity index (χ3n) is 5.09. The summed E-state index contributed by atoms with van der Waals surface area (Å²) in [7, 11) is 0. The average molecular weight is 488 g/mol. The van der Waals surface area contributed by atoms with Gasteiger partial charge in [-0.25, -0.2) is 5.43 Å². The maximum atomic E-state index is 12.4. The molecule has 0 fully saturated rings. The number of hydrogen-bond donors (Lipinski definition) is 1. The van der Waals surface area contributed by atoms with Crippen LogP contribution in [0.4, 0.5) is 0 Å². The maximum Gasteiger partial charge on any atom is 0.250 e. The highest BCUT2D eigenvalue weighted by Crippen LogP contribution is 2.28. The van der Waals surface area contributed by atoms with Gasteiger partial charge in [0.1, 0.15) is 0 Å². The zero-order valence-electron chi connectivity index (χ0n) is 19.2. The third kappa shape index (κ3) is 5.95. The number of carbonyl (C=O) groups is 1. The van der Waals surface area contributed by atoms with Crippen LogP contribution in [0.25, 0.3) is 17.1 Å². The van der Waals surface area contributed by atoms with Crippen LogP contribution in [0.1, 0.15) is 16.7 Å². The highest BCUT2D eigenvalue weighted by Gasteiger charge is 2.17. The molecule has 3 aromatic carbocycles. The molecule has 0 bridgehead atoms. The summed E-state index contributed by atoms with van der Waals surface area (Å²) in [5.41, 5.74) is 7.77. The van der Waals surface area contributed by atoms with Gasteiger partial charge in [-0.3, -0.25) is 9.36 Å². The van der Waals surface area contributed by atoms with Crippen molar-refractivity contribution in [1.82, 2.24) is 20.2 Å². The number of aromatic nitrogens is 3. The number of nitrogens with zero attached hydrogens (tertiary/aromatic N) is 4. The Labute approximate surface area is 207 Å². The first-order valence-corrected chi connectivity index (χ1v) is 12.9. The summed E-state index contributed by atoms with van der Waals surface area (Å²) in [6, 6.07) is 24.3. The number of hydrazone groups is 1. The van der Waals surface area contributed by atoms with E-state index in [9.17, 15) is 4.79 Å². The van der Waals surface area contributed by atoms with Gasteiger partial charge in [-0.15, -0.1) is 22.0 Å². The molecule has 172 valence electrons. The summed E-state index contributed by atoms with van der Waals surface area (Å²) in [6.07, 6.45) is 3.67. The van der Waals surface area contributed by atoms with E-state index in [1.165, 1.54) is 27.8 Å². The van der Waals surface area contributed by atoms with E-state index in [-0.39, 0.29) is 11.7 Å². The van der Waals surface area contributed by atoms with E-state index in [4.69, 9.17) is 0 Å². The molecule has 0 spiro atoms. The van der Waals surface area contributed by atoms with Crippen molar-refractivity contribution < 1.29 is 4.79 Å². The van der Waals surface area contributed by atoms with Crippen LogP contribution in [0.3, 0.4) is 0 Å². The number of thioether (sulfide) groups is 2. The van der Waals surface area contributed by atoms with Crippen molar-refractivity contribution in [3.63, 3.8) is 0 Å². The van der Waals surface area contributed by atoms with Crippen LogP contribution >= 0.6 is 23.5 Å². The molecule has 0 saturated heterocycles. The van der Waals surface area contributed by atoms with Gasteiger partial charge < -0.3 is 0 Å². The van der Waals surface area contributed by atoms with Crippen LogP contribution in [0.2, 0.25) is 0 Å². The van der Waals surface area contributed by atoms with Crippen LogP contribution in [0, 0.1) is 13.8 Å². The zero-order valence-corrected chi connectivity index (χ0v) is 20.9. The molecule has 1 amide bonds. The zero-order chi connectivity index (χ0) is 23.9. The molecule has 8 heteroatoms. The van der Waals surface area contributed by atoms with E-state index in [0.29, 0.717) is 5.16 Å². The number of benzene rings is 3. The molecule has 0 aliphatic heterocycles. The molecule has 1 N–H and O–H groups in total. The lowest BCUT2D eigenvalue weighted by molar-refractivity contribution is -0.118. The molecule has 0 unspecified atom stereocenters. The number of carbonyl (C=O) groups excluding carboxylic acids is 1. The van der Waals surface area contributed by atoms with E-state index in [1.54, 1.807) is 18.0 Å². The van der Waals surface area contributed by atoms with Gasteiger partial charge in [-0.05, 0) is 49.9 Å². The molecule has 0 atom stereocenters. The van der Waals surface area contributed by atoms with E-state index >= 15 is 0 Å². The molecule has 1 heterocycles. The van der Waals surface area contributed by atoms with Crippen molar-refractivity contribution in [3.05, 3.63) is 89.5 Å². The Morgan fingerprint density at radius 2 is 1.59 bits per heavy atom.